The average molecular weight is 291 g/mol. The van der Waals surface area contributed by atoms with Gasteiger partial charge in [-0.2, -0.15) is 0 Å². The minimum Gasteiger partial charge on any atom is -0.489 e. The van der Waals surface area contributed by atoms with Crippen molar-refractivity contribution in [1.29, 1.82) is 0 Å². The molecule has 0 radical (unpaired) electrons. The van der Waals surface area contributed by atoms with Crippen molar-refractivity contribution in [3.63, 3.8) is 0 Å². The fraction of sp³-hybridized carbons (Fsp3) is 0.684. The summed E-state index contributed by atoms with van der Waals surface area (Å²) in [5, 5.41) is 3.47. The number of rotatable bonds is 9. The van der Waals surface area contributed by atoms with Gasteiger partial charge < -0.3 is 10.1 Å². The van der Waals surface area contributed by atoms with E-state index in [9.17, 15) is 0 Å². The summed E-state index contributed by atoms with van der Waals surface area (Å²) in [6, 6.07) is 9.14. The molecule has 0 saturated carbocycles. The summed E-state index contributed by atoms with van der Waals surface area (Å²) < 4.78 is 6.14. The Bertz CT molecular complexity index is 395. The van der Waals surface area contributed by atoms with Crippen LogP contribution < -0.4 is 10.1 Å². The van der Waals surface area contributed by atoms with Crippen LogP contribution in [0.25, 0.3) is 0 Å². The summed E-state index contributed by atoms with van der Waals surface area (Å²) in [6.45, 7) is 14.3. The van der Waals surface area contributed by atoms with Crippen LogP contribution in [0.4, 0.5) is 0 Å². The Morgan fingerprint density at radius 3 is 2.19 bits per heavy atom. The Balaban J connectivity index is 2.67. The first-order valence-electron chi connectivity index (χ1n) is 8.39. The van der Waals surface area contributed by atoms with Gasteiger partial charge in [0.25, 0.3) is 0 Å². The first kappa shape index (κ1) is 18.0. The van der Waals surface area contributed by atoms with Gasteiger partial charge in [0, 0.05) is 12.6 Å². The lowest BCUT2D eigenvalue weighted by Crippen LogP contribution is -2.35. The van der Waals surface area contributed by atoms with Crippen LogP contribution >= 0.6 is 0 Å². The summed E-state index contributed by atoms with van der Waals surface area (Å²) in [5.41, 5.74) is 1.62. The molecule has 0 bridgehead atoms. The van der Waals surface area contributed by atoms with Crippen LogP contribution in [0, 0.1) is 0 Å². The van der Waals surface area contributed by atoms with E-state index in [2.05, 4.69) is 71.1 Å². The standard InChI is InChI=1S/C19H33NO/c1-7-9-18(14-20-15(3)4)21-17-12-10-16(11-13-17)19(5,6)8-2/h10-13,15,18,20H,7-9,14H2,1-6H3. The van der Waals surface area contributed by atoms with Crippen LogP contribution in [0.1, 0.15) is 66.4 Å². The van der Waals surface area contributed by atoms with Gasteiger partial charge in [-0.15, -0.1) is 0 Å². The van der Waals surface area contributed by atoms with Crippen molar-refractivity contribution >= 4 is 0 Å². The summed E-state index contributed by atoms with van der Waals surface area (Å²) >= 11 is 0. The first-order valence-corrected chi connectivity index (χ1v) is 8.39. The van der Waals surface area contributed by atoms with Crippen LogP contribution in [-0.2, 0) is 5.41 Å². The lowest BCUT2D eigenvalue weighted by atomic mass is 9.82. The van der Waals surface area contributed by atoms with Gasteiger partial charge in [-0.1, -0.05) is 60.1 Å². The van der Waals surface area contributed by atoms with E-state index in [0.717, 1.165) is 31.6 Å². The predicted octanol–water partition coefficient (Wildman–Crippen LogP) is 4.92. The average Bonchev–Trinajstić information content (AvgIpc) is 2.45. The summed E-state index contributed by atoms with van der Waals surface area (Å²) in [5.74, 6) is 0.981. The second-order valence-corrected chi connectivity index (χ2v) is 6.85. The summed E-state index contributed by atoms with van der Waals surface area (Å²) in [6.07, 6.45) is 3.62. The third-order valence-electron chi connectivity index (χ3n) is 4.19. The molecule has 1 rings (SSSR count). The third-order valence-corrected chi connectivity index (χ3v) is 4.19. The van der Waals surface area contributed by atoms with Gasteiger partial charge in [-0.25, -0.2) is 0 Å². The highest BCUT2D eigenvalue weighted by Crippen LogP contribution is 2.28. The molecule has 0 spiro atoms. The normalized spacial score (nSPS) is 13.5. The summed E-state index contributed by atoms with van der Waals surface area (Å²) in [7, 11) is 0. The van der Waals surface area contributed by atoms with E-state index in [4.69, 9.17) is 4.74 Å². The molecule has 1 atom stereocenters. The Morgan fingerprint density at radius 2 is 1.71 bits per heavy atom. The molecular weight excluding hydrogens is 258 g/mol. The molecule has 1 N–H and O–H groups in total. The van der Waals surface area contributed by atoms with Crippen molar-refractivity contribution in [2.75, 3.05) is 6.54 Å². The monoisotopic (exact) mass is 291 g/mol. The molecule has 0 aliphatic rings. The fourth-order valence-electron chi connectivity index (χ4n) is 2.27. The second-order valence-electron chi connectivity index (χ2n) is 6.85. The molecule has 0 saturated heterocycles. The van der Waals surface area contributed by atoms with Gasteiger partial charge in [0.2, 0.25) is 0 Å². The molecule has 0 heterocycles. The van der Waals surface area contributed by atoms with Crippen molar-refractivity contribution in [3.8, 4) is 5.75 Å². The molecule has 0 aliphatic heterocycles. The highest BCUT2D eigenvalue weighted by Gasteiger charge is 2.18. The second kappa shape index (κ2) is 8.43. The topological polar surface area (TPSA) is 21.3 Å². The quantitative estimate of drug-likeness (QED) is 0.697. The van der Waals surface area contributed by atoms with Crippen molar-refractivity contribution in [2.24, 2.45) is 0 Å². The number of nitrogens with one attached hydrogen (secondary N) is 1. The molecule has 1 unspecified atom stereocenters. The molecule has 1 aromatic carbocycles. The maximum atomic E-state index is 6.14. The molecule has 0 fully saturated rings. The zero-order valence-corrected chi connectivity index (χ0v) is 14.7. The Labute approximate surface area is 131 Å². The number of ether oxygens (including phenoxy) is 1. The van der Waals surface area contributed by atoms with E-state index in [-0.39, 0.29) is 11.5 Å². The first-order chi connectivity index (χ1) is 9.89. The Morgan fingerprint density at radius 1 is 1.10 bits per heavy atom. The third kappa shape index (κ3) is 6.09. The van der Waals surface area contributed by atoms with Crippen LogP contribution in [-0.4, -0.2) is 18.7 Å². The van der Waals surface area contributed by atoms with E-state index < -0.39 is 0 Å². The van der Waals surface area contributed by atoms with E-state index >= 15 is 0 Å². The lowest BCUT2D eigenvalue weighted by Gasteiger charge is -2.24. The van der Waals surface area contributed by atoms with E-state index in [0.29, 0.717) is 6.04 Å². The smallest absolute Gasteiger partial charge is 0.119 e. The highest BCUT2D eigenvalue weighted by molar-refractivity contribution is 5.31. The molecule has 0 aromatic heterocycles. The molecule has 2 heteroatoms. The minimum absolute atomic E-state index is 0.237. The highest BCUT2D eigenvalue weighted by atomic mass is 16.5. The van der Waals surface area contributed by atoms with Crippen LogP contribution in [0.3, 0.4) is 0 Å². The molecule has 21 heavy (non-hydrogen) atoms. The molecule has 120 valence electrons. The largest absolute Gasteiger partial charge is 0.489 e. The Hall–Kier alpha value is -1.02. The maximum absolute atomic E-state index is 6.14. The van der Waals surface area contributed by atoms with Gasteiger partial charge in [0.15, 0.2) is 0 Å². The van der Waals surface area contributed by atoms with Gasteiger partial charge in [-0.05, 0) is 36.0 Å². The molecule has 0 amide bonds. The number of benzene rings is 1. The zero-order chi connectivity index (χ0) is 15.9. The lowest BCUT2D eigenvalue weighted by molar-refractivity contribution is 0.183. The van der Waals surface area contributed by atoms with Crippen molar-refractivity contribution < 1.29 is 4.74 Å². The maximum Gasteiger partial charge on any atom is 0.119 e. The van der Waals surface area contributed by atoms with Crippen molar-refractivity contribution in [1.82, 2.24) is 5.32 Å². The van der Waals surface area contributed by atoms with Crippen molar-refractivity contribution in [2.45, 2.75) is 78.4 Å². The molecule has 2 nitrogen and oxygen atoms in total. The molecular formula is C19H33NO. The van der Waals surface area contributed by atoms with Crippen LogP contribution in [0.2, 0.25) is 0 Å². The van der Waals surface area contributed by atoms with E-state index in [1.807, 2.05) is 0 Å². The fourth-order valence-corrected chi connectivity index (χ4v) is 2.27. The number of hydrogen-bond acceptors (Lipinski definition) is 2. The molecule has 1 aromatic rings. The van der Waals surface area contributed by atoms with Gasteiger partial charge in [0.1, 0.15) is 11.9 Å². The van der Waals surface area contributed by atoms with Crippen molar-refractivity contribution in [3.05, 3.63) is 29.8 Å². The van der Waals surface area contributed by atoms with Crippen LogP contribution in [0.5, 0.6) is 5.75 Å². The SMILES string of the molecule is CCCC(CNC(C)C)Oc1ccc(C(C)(C)CC)cc1. The van der Waals surface area contributed by atoms with Gasteiger partial charge >= 0.3 is 0 Å². The van der Waals surface area contributed by atoms with Gasteiger partial charge in [-0.3, -0.25) is 0 Å². The van der Waals surface area contributed by atoms with Crippen LogP contribution in [0.15, 0.2) is 24.3 Å². The predicted molar refractivity (Wildman–Crippen MR) is 92.2 cm³/mol. The number of hydrogen-bond donors (Lipinski definition) is 1. The van der Waals surface area contributed by atoms with E-state index in [1.165, 1.54) is 5.56 Å². The minimum atomic E-state index is 0.237. The Kier molecular flexibility index (Phi) is 7.24. The molecule has 0 aliphatic carbocycles. The summed E-state index contributed by atoms with van der Waals surface area (Å²) in [4.78, 5) is 0. The zero-order valence-electron chi connectivity index (χ0n) is 14.7. The van der Waals surface area contributed by atoms with Gasteiger partial charge in [0.05, 0.1) is 0 Å². The van der Waals surface area contributed by atoms with E-state index in [1.54, 1.807) is 0 Å².